The summed E-state index contributed by atoms with van der Waals surface area (Å²) < 4.78 is 15.2. The maximum Gasteiger partial charge on any atom is 0.272 e. The number of carbonyl (C=O) groups is 1. The molecule has 1 amide bonds. The van der Waals surface area contributed by atoms with E-state index >= 15 is 0 Å². The van der Waals surface area contributed by atoms with Crippen LogP contribution in [0.25, 0.3) is 5.69 Å². The van der Waals surface area contributed by atoms with E-state index in [1.54, 1.807) is 18.2 Å². The summed E-state index contributed by atoms with van der Waals surface area (Å²) in [4.78, 5) is 12.5. The molecule has 2 atom stereocenters. The summed E-state index contributed by atoms with van der Waals surface area (Å²) >= 11 is 0. The van der Waals surface area contributed by atoms with Gasteiger partial charge in [-0.25, -0.2) is 9.07 Å². The molecule has 4 rings (SSSR count). The first-order valence-corrected chi connectivity index (χ1v) is 8.01. The van der Waals surface area contributed by atoms with E-state index in [1.165, 1.54) is 23.0 Å². The quantitative estimate of drug-likeness (QED) is 0.771. The fourth-order valence-corrected chi connectivity index (χ4v) is 3.18. The molecule has 0 aliphatic heterocycles. The lowest BCUT2D eigenvalue weighted by Crippen LogP contribution is -2.34. The zero-order chi connectivity index (χ0) is 17.4. The second-order valence-electron chi connectivity index (χ2n) is 6.02. The summed E-state index contributed by atoms with van der Waals surface area (Å²) in [5, 5.41) is 17.2. The molecule has 0 saturated heterocycles. The molecule has 0 spiro atoms. The topological polar surface area (TPSA) is 67.2 Å². The molecule has 1 aliphatic carbocycles. The van der Waals surface area contributed by atoms with Crippen LogP contribution in [-0.2, 0) is 6.42 Å². The number of halogens is 1. The van der Waals surface area contributed by atoms with Crippen molar-refractivity contribution in [2.75, 3.05) is 0 Å². The van der Waals surface area contributed by atoms with Gasteiger partial charge in [0.2, 0.25) is 0 Å². The average molecular weight is 337 g/mol. The molecule has 5 nitrogen and oxygen atoms in total. The van der Waals surface area contributed by atoms with Crippen LogP contribution in [0.1, 0.15) is 27.7 Å². The highest BCUT2D eigenvalue weighted by Crippen LogP contribution is 2.31. The first-order chi connectivity index (χ1) is 12.1. The van der Waals surface area contributed by atoms with Crippen LogP contribution >= 0.6 is 0 Å². The lowest BCUT2D eigenvalue weighted by molar-refractivity contribution is 0.0853. The number of fused-ring (bicyclic) bond motifs is 1. The van der Waals surface area contributed by atoms with E-state index in [0.29, 0.717) is 6.42 Å². The monoisotopic (exact) mass is 337 g/mol. The van der Waals surface area contributed by atoms with Crippen LogP contribution in [0.5, 0.6) is 0 Å². The van der Waals surface area contributed by atoms with Crippen molar-refractivity contribution in [1.29, 1.82) is 0 Å². The Morgan fingerprint density at radius 1 is 1.16 bits per heavy atom. The van der Waals surface area contributed by atoms with Crippen molar-refractivity contribution >= 4 is 5.91 Å². The predicted octanol–water partition coefficient (Wildman–Crippen LogP) is 2.40. The third-order valence-corrected chi connectivity index (χ3v) is 4.41. The number of benzene rings is 2. The summed E-state index contributed by atoms with van der Waals surface area (Å²) in [5.41, 5.74) is 2.38. The summed E-state index contributed by atoms with van der Waals surface area (Å²) in [5.74, 6) is -0.825. The Kier molecular flexibility index (Phi) is 3.82. The maximum atomic E-state index is 13.8. The van der Waals surface area contributed by atoms with Gasteiger partial charge in [-0.05, 0) is 29.3 Å². The highest BCUT2D eigenvalue weighted by atomic mass is 19.1. The van der Waals surface area contributed by atoms with E-state index in [9.17, 15) is 14.3 Å². The number of aliphatic hydroxyl groups excluding tert-OH is 1. The van der Waals surface area contributed by atoms with E-state index in [4.69, 9.17) is 0 Å². The summed E-state index contributed by atoms with van der Waals surface area (Å²) in [6.45, 7) is 0. The van der Waals surface area contributed by atoms with Crippen LogP contribution in [0.15, 0.2) is 60.8 Å². The summed E-state index contributed by atoms with van der Waals surface area (Å²) in [6.07, 6.45) is 1.37. The first kappa shape index (κ1) is 15.5. The highest BCUT2D eigenvalue weighted by Gasteiger charge is 2.32. The van der Waals surface area contributed by atoms with Crippen LogP contribution in [0.4, 0.5) is 4.39 Å². The Hall–Kier alpha value is -2.99. The molecular weight excluding hydrogens is 321 g/mol. The molecule has 6 heteroatoms. The minimum absolute atomic E-state index is 0.167. The van der Waals surface area contributed by atoms with Crippen molar-refractivity contribution in [2.24, 2.45) is 0 Å². The SMILES string of the molecule is O=C(N[C@H]1c2ccccc2C[C@H]1O)c1ccn(-c2ccccc2F)n1. The van der Waals surface area contributed by atoms with Crippen molar-refractivity contribution in [3.05, 3.63) is 83.4 Å². The van der Waals surface area contributed by atoms with Crippen LogP contribution in [0, 0.1) is 5.82 Å². The fourth-order valence-electron chi connectivity index (χ4n) is 3.18. The van der Waals surface area contributed by atoms with Crippen molar-refractivity contribution in [1.82, 2.24) is 15.1 Å². The van der Waals surface area contributed by atoms with E-state index in [2.05, 4.69) is 10.4 Å². The largest absolute Gasteiger partial charge is 0.390 e. The standard InChI is InChI=1S/C19H16FN3O2/c20-14-7-3-4-8-16(14)23-10-9-15(22-23)19(25)21-18-13-6-2-1-5-12(13)11-17(18)24/h1-10,17-18,24H,11H2,(H,21,25)/t17-,18+/m1/s1. The molecule has 0 bridgehead atoms. The lowest BCUT2D eigenvalue weighted by atomic mass is 10.1. The number of nitrogens with zero attached hydrogens (tertiary/aromatic N) is 2. The maximum absolute atomic E-state index is 13.8. The van der Waals surface area contributed by atoms with Crippen LogP contribution in [0.3, 0.4) is 0 Å². The molecule has 0 fully saturated rings. The van der Waals surface area contributed by atoms with E-state index in [1.807, 2.05) is 24.3 Å². The van der Waals surface area contributed by atoms with Gasteiger partial charge in [-0.3, -0.25) is 4.79 Å². The molecule has 1 heterocycles. The van der Waals surface area contributed by atoms with Crippen molar-refractivity contribution < 1.29 is 14.3 Å². The Labute approximate surface area is 143 Å². The fraction of sp³-hybridized carbons (Fsp3) is 0.158. The molecule has 126 valence electrons. The molecular formula is C19H16FN3O2. The molecule has 25 heavy (non-hydrogen) atoms. The zero-order valence-electron chi connectivity index (χ0n) is 13.3. The molecule has 0 radical (unpaired) electrons. The number of hydrogen-bond acceptors (Lipinski definition) is 3. The Morgan fingerprint density at radius 3 is 2.76 bits per heavy atom. The number of amides is 1. The first-order valence-electron chi connectivity index (χ1n) is 8.01. The molecule has 1 aromatic heterocycles. The van der Waals surface area contributed by atoms with Crippen LogP contribution in [0.2, 0.25) is 0 Å². The van der Waals surface area contributed by atoms with Crippen molar-refractivity contribution in [3.8, 4) is 5.69 Å². The second-order valence-corrected chi connectivity index (χ2v) is 6.02. The van der Waals surface area contributed by atoms with Gasteiger partial charge in [0, 0.05) is 12.6 Å². The van der Waals surface area contributed by atoms with Crippen molar-refractivity contribution in [2.45, 2.75) is 18.6 Å². The van der Waals surface area contributed by atoms with Crippen LogP contribution < -0.4 is 5.32 Å². The number of hydrogen-bond donors (Lipinski definition) is 2. The minimum Gasteiger partial charge on any atom is -0.390 e. The lowest BCUT2D eigenvalue weighted by Gasteiger charge is -2.17. The predicted molar refractivity (Wildman–Crippen MR) is 89.9 cm³/mol. The zero-order valence-corrected chi connectivity index (χ0v) is 13.3. The van der Waals surface area contributed by atoms with Gasteiger partial charge in [0.1, 0.15) is 11.5 Å². The summed E-state index contributed by atoms with van der Waals surface area (Å²) in [7, 11) is 0. The Balaban J connectivity index is 1.56. The van der Waals surface area contributed by atoms with Gasteiger partial charge in [-0.2, -0.15) is 5.10 Å². The van der Waals surface area contributed by atoms with Crippen molar-refractivity contribution in [3.63, 3.8) is 0 Å². The minimum atomic E-state index is -0.671. The van der Waals surface area contributed by atoms with E-state index in [-0.39, 0.29) is 11.4 Å². The van der Waals surface area contributed by atoms with E-state index < -0.39 is 23.9 Å². The molecule has 2 N–H and O–H groups in total. The van der Waals surface area contributed by atoms with Gasteiger partial charge in [0.15, 0.2) is 5.69 Å². The van der Waals surface area contributed by atoms with Gasteiger partial charge >= 0.3 is 0 Å². The average Bonchev–Trinajstić information content (AvgIpc) is 3.21. The second kappa shape index (κ2) is 6.14. The Morgan fingerprint density at radius 2 is 1.92 bits per heavy atom. The number of aliphatic hydroxyl groups is 1. The Bertz CT molecular complexity index is 938. The normalized spacial score (nSPS) is 18.8. The molecule has 2 aromatic carbocycles. The summed E-state index contributed by atoms with van der Waals surface area (Å²) in [6, 6.07) is 14.9. The van der Waals surface area contributed by atoms with E-state index in [0.717, 1.165) is 11.1 Å². The highest BCUT2D eigenvalue weighted by molar-refractivity contribution is 5.92. The van der Waals surface area contributed by atoms with Gasteiger partial charge in [-0.15, -0.1) is 0 Å². The molecule has 1 aliphatic rings. The molecule has 0 unspecified atom stereocenters. The number of nitrogens with one attached hydrogen (secondary N) is 1. The third kappa shape index (κ3) is 2.81. The number of carbonyl (C=O) groups excluding carboxylic acids is 1. The smallest absolute Gasteiger partial charge is 0.272 e. The number of para-hydroxylation sites is 1. The number of rotatable bonds is 3. The van der Waals surface area contributed by atoms with Gasteiger partial charge in [0.05, 0.1) is 12.1 Å². The third-order valence-electron chi connectivity index (χ3n) is 4.41. The van der Waals surface area contributed by atoms with Gasteiger partial charge < -0.3 is 10.4 Å². The van der Waals surface area contributed by atoms with Gasteiger partial charge in [0.25, 0.3) is 5.91 Å². The number of aromatic nitrogens is 2. The molecule has 3 aromatic rings. The molecule has 0 saturated carbocycles. The van der Waals surface area contributed by atoms with Crippen LogP contribution in [-0.4, -0.2) is 26.9 Å². The van der Waals surface area contributed by atoms with Gasteiger partial charge in [-0.1, -0.05) is 36.4 Å².